The van der Waals surface area contributed by atoms with Crippen molar-refractivity contribution in [2.24, 2.45) is 0 Å². The molecule has 39 heteroatoms. The van der Waals surface area contributed by atoms with Crippen molar-refractivity contribution in [3.8, 4) is 81.3 Å². The van der Waals surface area contributed by atoms with Gasteiger partial charge in [-0.2, -0.15) is 13.2 Å². The topological polar surface area (TPSA) is 441 Å². The van der Waals surface area contributed by atoms with Crippen molar-refractivity contribution in [2.45, 2.75) is 79.7 Å². The van der Waals surface area contributed by atoms with Crippen LogP contribution < -0.4 is 45.9 Å². The van der Waals surface area contributed by atoms with E-state index in [4.69, 9.17) is 84.8 Å². The number of carbonyl (C=O) groups excluding carboxylic acids is 6. The Morgan fingerprint density at radius 2 is 0.757 bits per heavy atom. The van der Waals surface area contributed by atoms with Gasteiger partial charge in [0, 0.05) is 77.0 Å². The maximum absolute atomic E-state index is 13.1. The number of hydrogen-bond acceptors (Lipinski definition) is 30. The summed E-state index contributed by atoms with van der Waals surface area (Å²) in [6.45, 7) is 16.5. The molecule has 0 aliphatic carbocycles. The molecule has 0 fully saturated rings. The number of nitrogens with one attached hydrogen (secondary N) is 4. The summed E-state index contributed by atoms with van der Waals surface area (Å²) in [7, 11) is 0. The number of nitrogens with zero attached hydrogens (tertiary/aromatic N) is 11. The van der Waals surface area contributed by atoms with Gasteiger partial charge in [0.2, 0.25) is 41.2 Å². The van der Waals surface area contributed by atoms with Gasteiger partial charge in [0.25, 0.3) is 0 Å². The molecule has 115 heavy (non-hydrogen) atoms. The van der Waals surface area contributed by atoms with Crippen molar-refractivity contribution in [2.75, 3.05) is 46.8 Å². The average molecular weight is 1620 g/mol. The molecule has 5 aromatic carbocycles. The highest BCUT2D eigenvalue weighted by Gasteiger charge is 2.34. The molecule has 7 heterocycles. The zero-order valence-corrected chi connectivity index (χ0v) is 63.7. The normalized spacial score (nSPS) is 10.9. The number of urea groups is 1. The minimum atomic E-state index is -4.67. The third-order valence-corrected chi connectivity index (χ3v) is 14.0. The van der Waals surface area contributed by atoms with Crippen molar-refractivity contribution in [1.29, 1.82) is 0 Å². The fourth-order valence-corrected chi connectivity index (χ4v) is 9.27. The van der Waals surface area contributed by atoms with E-state index in [1.165, 1.54) is 68.2 Å². The van der Waals surface area contributed by atoms with Crippen LogP contribution >= 0.6 is 23.2 Å². The number of nitrogen functional groups attached to an aromatic ring is 1. The summed E-state index contributed by atoms with van der Waals surface area (Å²) in [6, 6.07) is 34.9. The van der Waals surface area contributed by atoms with Crippen molar-refractivity contribution < 1.29 is 97.8 Å². The fraction of sp³-hybridized carbons (Fsp3) is 0.197. The van der Waals surface area contributed by atoms with Gasteiger partial charge in [-0.05, 0) is 129 Å². The van der Waals surface area contributed by atoms with E-state index in [9.17, 15) is 41.9 Å². The van der Waals surface area contributed by atoms with Gasteiger partial charge in [-0.25, -0.2) is 83.6 Å². The van der Waals surface area contributed by atoms with Crippen LogP contribution in [0.3, 0.4) is 0 Å². The maximum atomic E-state index is 13.1. The second-order valence-corrected chi connectivity index (χ2v) is 25.6. The Morgan fingerprint density at radius 3 is 1.10 bits per heavy atom. The van der Waals surface area contributed by atoms with E-state index >= 15 is 0 Å². The van der Waals surface area contributed by atoms with E-state index in [1.807, 2.05) is 0 Å². The van der Waals surface area contributed by atoms with E-state index in [0.717, 1.165) is 18.4 Å². The quantitative estimate of drug-likeness (QED) is 0.0193. The van der Waals surface area contributed by atoms with Crippen molar-refractivity contribution in [1.82, 2.24) is 54.8 Å². The Bertz CT molecular complexity index is 5370. The predicted octanol–water partition coefficient (Wildman–Crippen LogP) is 17.8. The number of benzene rings is 5. The summed E-state index contributed by atoms with van der Waals surface area (Å²) >= 11 is 11.4. The molecule has 6 N–H and O–H groups in total. The van der Waals surface area contributed by atoms with Crippen molar-refractivity contribution >= 4 is 87.8 Å². The lowest BCUT2D eigenvalue weighted by Gasteiger charge is -2.19. The number of alkyl halides is 3. The minimum absolute atomic E-state index is 0.0202. The number of aromatic nitrogens is 11. The zero-order chi connectivity index (χ0) is 82.8. The van der Waals surface area contributed by atoms with Gasteiger partial charge in [-0.15, -0.1) is 0 Å². The predicted molar refractivity (Wildman–Crippen MR) is 407 cm³/mol. The lowest BCUT2D eigenvalue weighted by Crippen LogP contribution is -2.27. The summed E-state index contributed by atoms with van der Waals surface area (Å²) in [5, 5.41) is 9.91. The number of amides is 4. The van der Waals surface area contributed by atoms with Gasteiger partial charge in [0.15, 0.2) is 17.1 Å². The average Bonchev–Trinajstić information content (AvgIpc) is 1.63. The molecule has 596 valence electrons. The molecular formula is C76H69Cl2F3N16O18. The molecule has 0 atom stereocenters. The Morgan fingerprint density at radius 1 is 0.417 bits per heavy atom. The van der Waals surface area contributed by atoms with Gasteiger partial charge < -0.3 is 72.3 Å². The monoisotopic (exact) mass is 1620 g/mol. The lowest BCUT2D eigenvalue weighted by molar-refractivity contribution is -0.137. The van der Waals surface area contributed by atoms with Gasteiger partial charge in [0.05, 0.1) is 30.4 Å². The highest BCUT2D eigenvalue weighted by Crippen LogP contribution is 2.37. The third kappa shape index (κ3) is 27.3. The highest BCUT2D eigenvalue weighted by molar-refractivity contribution is 6.31. The van der Waals surface area contributed by atoms with Crippen LogP contribution in [0.25, 0.3) is 34.8 Å². The Labute approximate surface area is 661 Å². The molecule has 7 aromatic heterocycles. The molecule has 0 saturated carbocycles. The number of carbonyl (C=O) groups is 6. The van der Waals surface area contributed by atoms with Crippen LogP contribution in [0.4, 0.5) is 56.0 Å². The van der Waals surface area contributed by atoms with Crippen LogP contribution in [0, 0.1) is 0 Å². The van der Waals surface area contributed by atoms with Crippen LogP contribution in [0.2, 0.25) is 10.2 Å². The van der Waals surface area contributed by atoms with E-state index in [2.05, 4.69) is 76.1 Å². The number of ether oxygens (including phenoxy) is 9. The Balaban J connectivity index is 0.000000179. The van der Waals surface area contributed by atoms with E-state index in [0.29, 0.717) is 57.5 Å². The summed E-state index contributed by atoms with van der Waals surface area (Å²) in [4.78, 5) is 115. The summed E-state index contributed by atoms with van der Waals surface area (Å²) < 4.78 is 103. The molecule has 12 rings (SSSR count). The van der Waals surface area contributed by atoms with E-state index in [-0.39, 0.29) is 94.3 Å². The summed E-state index contributed by atoms with van der Waals surface area (Å²) in [5.74, 6) is 1.23. The number of halogens is 5. The van der Waals surface area contributed by atoms with Crippen LogP contribution in [0.5, 0.6) is 46.5 Å². The zero-order valence-electron chi connectivity index (χ0n) is 62.2. The number of rotatable bonds is 21. The Hall–Kier alpha value is -14.4. The molecule has 0 saturated heterocycles. The standard InChI is InChI=1S/C24H17ClF3N5O5.C21H22N4O6.C16H14N4O4.C15H16ClN3O3/c1-2-36-22(34)19-11-37-21(33-19)18-10-20(30-12-29-18)38-15-5-3-4-13(8-15)31-23(35)32-14-6-7-17(25)16(9-14)24(26,27)28;1-5-28-19(26)16-11-29-18(25-16)15-10-17(23-12-22-15)30-14-8-6-7-13(9-14)24-20(27)31-21(2,3)4;1-2-22-16(21)13-8-23-15(20-13)12-7-14(19-9-18-12)24-11-5-3-4-10(17)6-11;1-15(2,3)22-14(20)19-10-5-4-6-11(7-10)21-13-8-12(16)17-9-18-13/h3-12H,2H2,1H3,(H2,31,32,35);6-12H,5H2,1-4H3,(H,24,27);3-9H,2,17H2,1H3;4-9H,1-3H3,(H,19,20). The first-order chi connectivity index (χ1) is 54.8. The number of anilines is 5. The molecule has 0 aliphatic heterocycles. The second kappa shape index (κ2) is 39.5. The molecule has 0 radical (unpaired) electrons. The number of nitrogens with two attached hydrogens (primary N) is 1. The van der Waals surface area contributed by atoms with Crippen LogP contribution in [0.1, 0.15) is 99.3 Å². The number of hydrogen-bond donors (Lipinski definition) is 5. The van der Waals surface area contributed by atoms with Gasteiger partial charge in [0.1, 0.15) is 101 Å². The van der Waals surface area contributed by atoms with Crippen LogP contribution in [0.15, 0.2) is 197 Å². The molecule has 12 aromatic rings. The van der Waals surface area contributed by atoms with E-state index < -0.39 is 64.1 Å². The first kappa shape index (κ1) is 84.7. The van der Waals surface area contributed by atoms with Gasteiger partial charge in [-0.3, -0.25) is 10.6 Å². The lowest BCUT2D eigenvalue weighted by atomic mass is 10.2. The minimum Gasteiger partial charge on any atom is -0.461 e. The number of esters is 3. The summed E-state index contributed by atoms with van der Waals surface area (Å²) in [5.41, 5.74) is 6.30. The fourth-order valence-electron chi connectivity index (χ4n) is 8.91. The first-order valence-corrected chi connectivity index (χ1v) is 34.7. The molecule has 34 nitrogen and oxygen atoms in total. The van der Waals surface area contributed by atoms with Gasteiger partial charge >= 0.3 is 42.3 Å². The largest absolute Gasteiger partial charge is 0.461 e. The van der Waals surface area contributed by atoms with Crippen molar-refractivity contribution in [3.05, 3.63) is 216 Å². The Kier molecular flexibility index (Phi) is 29.1. The SMILES string of the molecule is CC(C)(C)OC(=O)Nc1cccc(Oc2cc(Cl)ncn2)c1.CCOC(=O)c1coc(-c2cc(Oc3cccc(N)c3)ncn2)n1.CCOC(=O)c1coc(-c2cc(Oc3cccc(NC(=O)Nc4ccc(Cl)c(C(F)(F)F)c4)c3)ncn2)n1.CCOC(=O)c1coc(-c2cc(Oc3cccc(NC(=O)OC(C)(C)C)c3)ncn2)n1. The smallest absolute Gasteiger partial charge is 0.417 e. The molecular weight excluding hydrogens is 1550 g/mol. The highest BCUT2D eigenvalue weighted by atomic mass is 35.5. The van der Waals surface area contributed by atoms with Gasteiger partial charge in [-0.1, -0.05) is 47.5 Å². The van der Waals surface area contributed by atoms with Crippen molar-refractivity contribution in [3.63, 3.8) is 0 Å². The molecule has 4 amide bonds. The first-order valence-electron chi connectivity index (χ1n) is 34.0. The second-order valence-electron chi connectivity index (χ2n) is 24.8. The third-order valence-electron chi connectivity index (χ3n) is 13.5. The molecule has 0 spiro atoms. The van der Waals surface area contributed by atoms with E-state index in [1.54, 1.807) is 159 Å². The molecule has 0 aliphatic rings. The molecule has 0 bridgehead atoms. The van der Waals surface area contributed by atoms with Crippen LogP contribution in [-0.2, 0) is 29.9 Å². The maximum Gasteiger partial charge on any atom is 0.417 e. The van der Waals surface area contributed by atoms with Crippen LogP contribution in [-0.4, -0.2) is 122 Å². The number of oxazole rings is 3. The summed E-state index contributed by atoms with van der Waals surface area (Å²) in [6.07, 6.45) is 2.88. The molecule has 0 unspecified atom stereocenters.